The van der Waals surface area contributed by atoms with Crippen LogP contribution in [0.3, 0.4) is 0 Å². The van der Waals surface area contributed by atoms with Crippen molar-refractivity contribution in [2.75, 3.05) is 6.54 Å². The topological polar surface area (TPSA) is 75.4 Å². The summed E-state index contributed by atoms with van der Waals surface area (Å²) in [7, 11) is 1.72. The molecule has 0 atom stereocenters. The highest BCUT2D eigenvalue weighted by molar-refractivity contribution is 5.96. The summed E-state index contributed by atoms with van der Waals surface area (Å²) in [6, 6.07) is -0.168. The number of carboxylic acids is 1. The molecule has 0 aliphatic heterocycles. The van der Waals surface area contributed by atoms with Crippen molar-refractivity contribution in [1.82, 2.24) is 14.7 Å². The summed E-state index contributed by atoms with van der Waals surface area (Å²) >= 11 is 0. The molecule has 0 radical (unpaired) electrons. The molecule has 6 heteroatoms. The second-order valence-electron chi connectivity index (χ2n) is 4.22. The molecular weight excluding hydrogens is 222 g/mol. The monoisotopic (exact) mass is 239 g/mol. The van der Waals surface area contributed by atoms with Gasteiger partial charge in [-0.3, -0.25) is 14.3 Å². The number of aryl methyl sites for hydroxylation is 2. The SMILES string of the molecule is Cc1nn(C)cc1C(=O)N(CC(=O)O)C(C)C. The van der Waals surface area contributed by atoms with Crippen LogP contribution < -0.4 is 0 Å². The van der Waals surface area contributed by atoms with Crippen LogP contribution >= 0.6 is 0 Å². The van der Waals surface area contributed by atoms with Crippen LogP contribution in [0.25, 0.3) is 0 Å². The number of nitrogens with zero attached hydrogens (tertiary/aromatic N) is 3. The Hall–Kier alpha value is -1.85. The lowest BCUT2D eigenvalue weighted by atomic mass is 10.2. The summed E-state index contributed by atoms with van der Waals surface area (Å²) in [5.74, 6) is -1.32. The number of rotatable bonds is 4. The van der Waals surface area contributed by atoms with E-state index in [-0.39, 0.29) is 18.5 Å². The van der Waals surface area contributed by atoms with E-state index >= 15 is 0 Å². The van der Waals surface area contributed by atoms with Crippen molar-refractivity contribution in [3.05, 3.63) is 17.5 Å². The van der Waals surface area contributed by atoms with E-state index in [4.69, 9.17) is 5.11 Å². The van der Waals surface area contributed by atoms with Gasteiger partial charge in [0.1, 0.15) is 6.54 Å². The Labute approximate surface area is 99.8 Å². The fourth-order valence-electron chi connectivity index (χ4n) is 1.60. The van der Waals surface area contributed by atoms with E-state index in [9.17, 15) is 9.59 Å². The Balaban J connectivity index is 2.99. The molecule has 1 aromatic heterocycles. The zero-order valence-corrected chi connectivity index (χ0v) is 10.5. The Morgan fingerprint density at radius 3 is 2.47 bits per heavy atom. The molecule has 1 amide bonds. The van der Waals surface area contributed by atoms with Gasteiger partial charge in [-0.15, -0.1) is 0 Å². The average Bonchev–Trinajstić information content (AvgIpc) is 2.52. The summed E-state index contributed by atoms with van der Waals surface area (Å²) in [6.07, 6.45) is 1.61. The van der Waals surface area contributed by atoms with Crippen molar-refractivity contribution >= 4 is 11.9 Å². The van der Waals surface area contributed by atoms with Gasteiger partial charge in [-0.25, -0.2) is 0 Å². The molecule has 0 saturated heterocycles. The summed E-state index contributed by atoms with van der Waals surface area (Å²) in [4.78, 5) is 24.2. The second-order valence-corrected chi connectivity index (χ2v) is 4.22. The van der Waals surface area contributed by atoms with Gasteiger partial charge in [0.05, 0.1) is 11.3 Å². The molecule has 1 heterocycles. The largest absolute Gasteiger partial charge is 0.480 e. The molecule has 6 nitrogen and oxygen atoms in total. The second kappa shape index (κ2) is 4.99. The normalized spacial score (nSPS) is 10.6. The maximum absolute atomic E-state index is 12.2. The lowest BCUT2D eigenvalue weighted by Gasteiger charge is -2.24. The van der Waals surface area contributed by atoms with Gasteiger partial charge in [0.25, 0.3) is 5.91 Å². The Morgan fingerprint density at radius 2 is 2.12 bits per heavy atom. The number of aliphatic carboxylic acids is 1. The van der Waals surface area contributed by atoms with Crippen LogP contribution in [-0.4, -0.2) is 44.3 Å². The molecule has 17 heavy (non-hydrogen) atoms. The van der Waals surface area contributed by atoms with E-state index < -0.39 is 5.97 Å². The van der Waals surface area contributed by atoms with Crippen LogP contribution in [0.2, 0.25) is 0 Å². The molecule has 0 spiro atoms. The van der Waals surface area contributed by atoms with Crippen LogP contribution in [-0.2, 0) is 11.8 Å². The fraction of sp³-hybridized carbons (Fsp3) is 0.545. The minimum atomic E-state index is -1.02. The van der Waals surface area contributed by atoms with Gasteiger partial charge < -0.3 is 10.0 Å². The standard InChI is InChI=1S/C11H17N3O3/c1-7(2)14(6-10(15)16)11(17)9-5-13(4)12-8(9)3/h5,7H,6H2,1-4H3,(H,15,16). The lowest BCUT2D eigenvalue weighted by Crippen LogP contribution is -2.40. The van der Waals surface area contributed by atoms with Gasteiger partial charge in [0, 0.05) is 19.3 Å². The molecule has 0 aliphatic carbocycles. The zero-order valence-electron chi connectivity index (χ0n) is 10.5. The molecule has 94 valence electrons. The van der Waals surface area contributed by atoms with E-state index in [0.717, 1.165) is 0 Å². The summed E-state index contributed by atoms with van der Waals surface area (Å²) in [5.41, 5.74) is 1.05. The van der Waals surface area contributed by atoms with Crippen LogP contribution in [0.5, 0.6) is 0 Å². The van der Waals surface area contributed by atoms with Crippen molar-refractivity contribution in [3.63, 3.8) is 0 Å². The summed E-state index contributed by atoms with van der Waals surface area (Å²) in [5, 5.41) is 12.9. The molecule has 0 fully saturated rings. The van der Waals surface area contributed by atoms with E-state index in [1.807, 2.05) is 0 Å². The van der Waals surface area contributed by atoms with Crippen molar-refractivity contribution in [3.8, 4) is 0 Å². The number of hydrogen-bond acceptors (Lipinski definition) is 3. The van der Waals surface area contributed by atoms with E-state index in [0.29, 0.717) is 11.3 Å². The highest BCUT2D eigenvalue weighted by atomic mass is 16.4. The lowest BCUT2D eigenvalue weighted by molar-refractivity contribution is -0.138. The molecule has 0 unspecified atom stereocenters. The highest BCUT2D eigenvalue weighted by Gasteiger charge is 2.23. The predicted molar refractivity (Wildman–Crippen MR) is 61.8 cm³/mol. The predicted octanol–water partition coefficient (Wildman–Crippen LogP) is 0.664. The third-order valence-electron chi connectivity index (χ3n) is 2.43. The van der Waals surface area contributed by atoms with Gasteiger partial charge in [-0.2, -0.15) is 5.10 Å². The number of carboxylic acid groups (broad SMARTS) is 1. The van der Waals surface area contributed by atoms with Crippen LogP contribution in [0.1, 0.15) is 29.9 Å². The first kappa shape index (κ1) is 13.2. The molecule has 1 N–H and O–H groups in total. The zero-order chi connectivity index (χ0) is 13.2. The maximum Gasteiger partial charge on any atom is 0.323 e. The van der Waals surface area contributed by atoms with Gasteiger partial charge in [-0.05, 0) is 20.8 Å². The first-order valence-corrected chi connectivity index (χ1v) is 5.36. The van der Waals surface area contributed by atoms with Crippen molar-refractivity contribution in [2.24, 2.45) is 7.05 Å². The first-order chi connectivity index (χ1) is 7.82. The van der Waals surface area contributed by atoms with Crippen molar-refractivity contribution in [2.45, 2.75) is 26.8 Å². The molecule has 0 bridgehead atoms. The van der Waals surface area contributed by atoms with E-state index in [2.05, 4.69) is 5.10 Å². The first-order valence-electron chi connectivity index (χ1n) is 5.36. The van der Waals surface area contributed by atoms with Crippen LogP contribution in [0, 0.1) is 6.92 Å². The molecular formula is C11H17N3O3. The fourth-order valence-corrected chi connectivity index (χ4v) is 1.60. The van der Waals surface area contributed by atoms with Crippen LogP contribution in [0.4, 0.5) is 0 Å². The Kier molecular flexibility index (Phi) is 3.88. The van der Waals surface area contributed by atoms with Gasteiger partial charge in [0.15, 0.2) is 0 Å². The third kappa shape index (κ3) is 3.05. The molecule has 1 aromatic rings. The quantitative estimate of drug-likeness (QED) is 0.837. The van der Waals surface area contributed by atoms with Crippen molar-refractivity contribution in [1.29, 1.82) is 0 Å². The third-order valence-corrected chi connectivity index (χ3v) is 2.43. The summed E-state index contributed by atoms with van der Waals surface area (Å²) in [6.45, 7) is 5.00. The smallest absolute Gasteiger partial charge is 0.323 e. The molecule has 0 saturated carbocycles. The average molecular weight is 239 g/mol. The Bertz CT molecular complexity index is 437. The van der Waals surface area contributed by atoms with E-state index in [1.54, 1.807) is 38.7 Å². The van der Waals surface area contributed by atoms with Crippen LogP contribution in [0.15, 0.2) is 6.20 Å². The van der Waals surface area contributed by atoms with Gasteiger partial charge >= 0.3 is 5.97 Å². The van der Waals surface area contributed by atoms with Gasteiger partial charge in [-0.1, -0.05) is 0 Å². The molecule has 0 aromatic carbocycles. The molecule has 0 aliphatic rings. The number of carbonyl (C=O) groups excluding carboxylic acids is 1. The number of carbonyl (C=O) groups is 2. The summed E-state index contributed by atoms with van der Waals surface area (Å²) < 4.78 is 1.54. The number of hydrogen-bond donors (Lipinski definition) is 1. The minimum absolute atomic E-state index is 0.168. The highest BCUT2D eigenvalue weighted by Crippen LogP contribution is 2.11. The van der Waals surface area contributed by atoms with E-state index in [1.165, 1.54) is 4.90 Å². The Morgan fingerprint density at radius 1 is 1.53 bits per heavy atom. The minimum Gasteiger partial charge on any atom is -0.480 e. The maximum atomic E-state index is 12.2. The number of aromatic nitrogens is 2. The van der Waals surface area contributed by atoms with Gasteiger partial charge in [0.2, 0.25) is 0 Å². The number of amides is 1. The molecule has 1 rings (SSSR count). The van der Waals surface area contributed by atoms with Crippen molar-refractivity contribution < 1.29 is 14.7 Å².